The summed E-state index contributed by atoms with van der Waals surface area (Å²) >= 11 is 0. The van der Waals surface area contributed by atoms with Crippen molar-refractivity contribution in [1.29, 1.82) is 0 Å². The topological polar surface area (TPSA) is 50.2 Å². The van der Waals surface area contributed by atoms with Gasteiger partial charge in [-0.2, -0.15) is 0 Å². The van der Waals surface area contributed by atoms with Gasteiger partial charge in [0.25, 0.3) is 0 Å². The zero-order chi connectivity index (χ0) is 14.1. The van der Waals surface area contributed by atoms with Crippen LogP contribution >= 0.6 is 0 Å². The van der Waals surface area contributed by atoms with Gasteiger partial charge in [0.2, 0.25) is 0 Å². The van der Waals surface area contributed by atoms with Crippen LogP contribution in [0.4, 0.5) is 4.39 Å². The molecule has 3 nitrogen and oxygen atoms in total. The van der Waals surface area contributed by atoms with Gasteiger partial charge in [-0.3, -0.25) is 4.98 Å². The maximum Gasteiger partial charge on any atom is 0.339 e. The number of para-hydroxylation sites is 1. The van der Waals surface area contributed by atoms with Gasteiger partial charge >= 0.3 is 5.97 Å². The van der Waals surface area contributed by atoms with E-state index in [-0.39, 0.29) is 5.56 Å². The number of fused-ring (bicyclic) bond motifs is 1. The summed E-state index contributed by atoms with van der Waals surface area (Å²) in [6.07, 6.45) is 1.63. The number of nitrogens with zero attached hydrogens (tertiary/aromatic N) is 1. The lowest BCUT2D eigenvalue weighted by molar-refractivity contribution is 0.0693. The van der Waals surface area contributed by atoms with Crippen LogP contribution in [0.1, 0.15) is 10.4 Å². The number of hydrogen-bond acceptors (Lipinski definition) is 2. The molecule has 1 N–H and O–H groups in total. The van der Waals surface area contributed by atoms with Crippen molar-refractivity contribution in [1.82, 2.24) is 4.98 Å². The predicted molar refractivity (Wildman–Crippen MR) is 74.1 cm³/mol. The van der Waals surface area contributed by atoms with Gasteiger partial charge in [0.15, 0.2) is 0 Å². The third kappa shape index (κ3) is 1.91. The molecule has 0 saturated carbocycles. The second-order valence-electron chi connectivity index (χ2n) is 4.35. The summed E-state index contributed by atoms with van der Waals surface area (Å²) in [7, 11) is 0. The monoisotopic (exact) mass is 267 g/mol. The van der Waals surface area contributed by atoms with Gasteiger partial charge < -0.3 is 5.11 Å². The van der Waals surface area contributed by atoms with E-state index in [0.717, 1.165) is 11.5 Å². The van der Waals surface area contributed by atoms with Crippen molar-refractivity contribution in [2.45, 2.75) is 0 Å². The van der Waals surface area contributed by atoms with E-state index < -0.39 is 11.8 Å². The van der Waals surface area contributed by atoms with E-state index in [4.69, 9.17) is 0 Å². The number of pyridine rings is 1. The van der Waals surface area contributed by atoms with Crippen molar-refractivity contribution in [2.75, 3.05) is 0 Å². The second kappa shape index (κ2) is 4.74. The summed E-state index contributed by atoms with van der Waals surface area (Å²) in [5.41, 5.74) is 1.27. The number of benzene rings is 2. The van der Waals surface area contributed by atoms with Crippen molar-refractivity contribution in [3.05, 3.63) is 66.1 Å². The fourth-order valence-electron chi connectivity index (χ4n) is 2.29. The molecule has 0 amide bonds. The molecule has 2 aromatic carbocycles. The molecule has 3 aromatic rings. The highest BCUT2D eigenvalue weighted by Crippen LogP contribution is 2.30. The lowest BCUT2D eigenvalue weighted by Gasteiger charge is -2.09. The highest BCUT2D eigenvalue weighted by atomic mass is 19.1. The van der Waals surface area contributed by atoms with E-state index in [1.54, 1.807) is 30.5 Å². The van der Waals surface area contributed by atoms with Gasteiger partial charge in [0, 0.05) is 22.7 Å². The Hall–Kier alpha value is -2.75. The fourth-order valence-corrected chi connectivity index (χ4v) is 2.29. The van der Waals surface area contributed by atoms with Gasteiger partial charge in [0.1, 0.15) is 11.4 Å². The smallest absolute Gasteiger partial charge is 0.339 e. The Morgan fingerprint density at radius 2 is 1.70 bits per heavy atom. The van der Waals surface area contributed by atoms with Crippen LogP contribution in [0.3, 0.4) is 0 Å². The third-order valence-corrected chi connectivity index (χ3v) is 3.15. The van der Waals surface area contributed by atoms with Crippen LogP contribution in [0.2, 0.25) is 0 Å². The predicted octanol–water partition coefficient (Wildman–Crippen LogP) is 3.74. The van der Waals surface area contributed by atoms with Gasteiger partial charge in [-0.15, -0.1) is 0 Å². The second-order valence-corrected chi connectivity index (χ2v) is 4.35. The molecule has 1 heterocycles. The molecule has 0 aliphatic rings. The van der Waals surface area contributed by atoms with Crippen LogP contribution in [0, 0.1) is 5.82 Å². The Morgan fingerprint density at radius 1 is 1.00 bits per heavy atom. The first-order valence-corrected chi connectivity index (χ1v) is 6.04. The molecule has 0 aliphatic carbocycles. The van der Waals surface area contributed by atoms with Gasteiger partial charge in [0.05, 0.1) is 5.52 Å². The molecule has 4 heteroatoms. The molecular formula is C16H10FNO2. The molecule has 0 saturated heterocycles. The van der Waals surface area contributed by atoms with Crippen LogP contribution in [-0.4, -0.2) is 16.1 Å². The van der Waals surface area contributed by atoms with Gasteiger partial charge in [-0.25, -0.2) is 9.18 Å². The molecule has 98 valence electrons. The summed E-state index contributed by atoms with van der Waals surface area (Å²) in [6, 6.07) is 13.3. The minimum atomic E-state index is -1.29. The quantitative estimate of drug-likeness (QED) is 0.769. The zero-order valence-electron chi connectivity index (χ0n) is 10.4. The molecule has 0 spiro atoms. The summed E-state index contributed by atoms with van der Waals surface area (Å²) in [5.74, 6) is -2.03. The molecule has 0 fully saturated rings. The van der Waals surface area contributed by atoms with E-state index in [2.05, 4.69) is 4.98 Å². The van der Waals surface area contributed by atoms with Crippen molar-refractivity contribution in [2.24, 2.45) is 0 Å². The SMILES string of the molecule is O=C(O)c1c(F)cccc1-c1cccc2cccnc12. The first-order valence-electron chi connectivity index (χ1n) is 6.04. The molecule has 0 unspecified atom stereocenters. The maximum absolute atomic E-state index is 13.8. The number of aromatic carboxylic acids is 1. The van der Waals surface area contributed by atoms with Crippen molar-refractivity contribution in [3.63, 3.8) is 0 Å². The summed E-state index contributed by atoms with van der Waals surface area (Å²) in [4.78, 5) is 15.6. The fraction of sp³-hybridized carbons (Fsp3) is 0. The number of carboxylic acid groups (broad SMARTS) is 1. The Balaban J connectivity index is 2.37. The largest absolute Gasteiger partial charge is 0.478 e. The van der Waals surface area contributed by atoms with E-state index in [1.165, 1.54) is 6.07 Å². The molecule has 0 aliphatic heterocycles. The standard InChI is InChI=1S/C16H10FNO2/c17-13-8-2-6-11(14(13)16(19)20)12-7-1-4-10-5-3-9-18-15(10)12/h1-9H,(H,19,20). The Bertz CT molecular complexity index is 809. The van der Waals surface area contributed by atoms with Crippen LogP contribution in [0.5, 0.6) is 0 Å². The van der Waals surface area contributed by atoms with Crippen LogP contribution in [0.15, 0.2) is 54.7 Å². The number of rotatable bonds is 2. The first kappa shape index (κ1) is 12.3. The minimum Gasteiger partial charge on any atom is -0.478 e. The number of aromatic nitrogens is 1. The Morgan fingerprint density at radius 3 is 2.50 bits per heavy atom. The summed E-state index contributed by atoms with van der Waals surface area (Å²) in [6.45, 7) is 0. The molecule has 0 atom stereocenters. The zero-order valence-corrected chi connectivity index (χ0v) is 10.4. The Kier molecular flexibility index (Phi) is 2.91. The van der Waals surface area contributed by atoms with E-state index >= 15 is 0 Å². The maximum atomic E-state index is 13.8. The van der Waals surface area contributed by atoms with E-state index in [9.17, 15) is 14.3 Å². The average Bonchev–Trinajstić information content (AvgIpc) is 2.46. The molecule has 0 bridgehead atoms. The number of carboxylic acids is 1. The normalized spacial score (nSPS) is 10.7. The van der Waals surface area contributed by atoms with Crippen LogP contribution in [-0.2, 0) is 0 Å². The molecule has 3 rings (SSSR count). The highest BCUT2D eigenvalue weighted by molar-refractivity contribution is 6.02. The summed E-state index contributed by atoms with van der Waals surface area (Å²) in [5, 5.41) is 10.1. The number of hydrogen-bond donors (Lipinski definition) is 1. The summed E-state index contributed by atoms with van der Waals surface area (Å²) < 4.78 is 13.8. The van der Waals surface area contributed by atoms with Crippen molar-refractivity contribution in [3.8, 4) is 11.1 Å². The number of halogens is 1. The van der Waals surface area contributed by atoms with Gasteiger partial charge in [-0.1, -0.05) is 36.4 Å². The van der Waals surface area contributed by atoms with Crippen LogP contribution < -0.4 is 0 Å². The van der Waals surface area contributed by atoms with E-state index in [0.29, 0.717) is 16.6 Å². The van der Waals surface area contributed by atoms with Crippen LogP contribution in [0.25, 0.3) is 22.0 Å². The average molecular weight is 267 g/mol. The molecule has 1 aromatic heterocycles. The van der Waals surface area contributed by atoms with Gasteiger partial charge in [-0.05, 0) is 12.1 Å². The van der Waals surface area contributed by atoms with E-state index in [1.807, 2.05) is 12.1 Å². The first-order chi connectivity index (χ1) is 9.68. The molecule has 0 radical (unpaired) electrons. The van der Waals surface area contributed by atoms with Crippen molar-refractivity contribution < 1.29 is 14.3 Å². The lowest BCUT2D eigenvalue weighted by atomic mass is 9.97. The highest BCUT2D eigenvalue weighted by Gasteiger charge is 2.18. The third-order valence-electron chi connectivity index (χ3n) is 3.15. The molecular weight excluding hydrogens is 257 g/mol. The van der Waals surface area contributed by atoms with Crippen molar-refractivity contribution >= 4 is 16.9 Å². The Labute approximate surface area is 114 Å². The number of carbonyl (C=O) groups is 1. The molecule has 20 heavy (non-hydrogen) atoms. The minimum absolute atomic E-state index is 0.328. The lowest BCUT2D eigenvalue weighted by Crippen LogP contribution is -2.03.